The van der Waals surface area contributed by atoms with Gasteiger partial charge in [0.2, 0.25) is 6.04 Å². The second-order valence-electron chi connectivity index (χ2n) is 3.96. The molecule has 0 spiro atoms. The molecule has 0 radical (unpaired) electrons. The molecule has 0 unspecified atom stereocenters. The van der Waals surface area contributed by atoms with Gasteiger partial charge in [0.25, 0.3) is 5.91 Å². The fourth-order valence-corrected chi connectivity index (χ4v) is 1.53. The minimum absolute atomic E-state index is 0.0662. The van der Waals surface area contributed by atoms with E-state index in [0.717, 1.165) is 0 Å². The molecular formula is C14H17NO6. The third-order valence-corrected chi connectivity index (χ3v) is 2.43. The molecule has 1 aromatic carbocycles. The summed E-state index contributed by atoms with van der Waals surface area (Å²) in [6.07, 6.45) is 0. The maximum Gasteiger partial charge on any atom is 0.340 e. The van der Waals surface area contributed by atoms with Crippen molar-refractivity contribution in [2.24, 2.45) is 0 Å². The number of carbonyl (C=O) groups excluding carboxylic acids is 3. The predicted octanol–water partition coefficient (Wildman–Crippen LogP) is 0.617. The summed E-state index contributed by atoms with van der Waals surface area (Å²) in [6, 6.07) is 3.96. The summed E-state index contributed by atoms with van der Waals surface area (Å²) in [6.45, 7) is 3.29. The normalized spacial score (nSPS) is 10.0. The zero-order chi connectivity index (χ0) is 15.8. The van der Waals surface area contributed by atoms with Gasteiger partial charge in [0.05, 0.1) is 13.2 Å². The summed E-state index contributed by atoms with van der Waals surface area (Å²) in [7, 11) is 0. The Hall–Kier alpha value is -2.57. The Labute approximate surface area is 121 Å². The SMILES string of the molecule is CCOC(=O)C(NC(=O)c1cccc(O)c1)C(=O)OCC. The first-order chi connectivity index (χ1) is 9.99. The fourth-order valence-electron chi connectivity index (χ4n) is 1.53. The lowest BCUT2D eigenvalue weighted by Crippen LogP contribution is -2.48. The van der Waals surface area contributed by atoms with Gasteiger partial charge in [-0.3, -0.25) is 4.79 Å². The highest BCUT2D eigenvalue weighted by molar-refractivity contribution is 6.05. The van der Waals surface area contributed by atoms with Gasteiger partial charge in [0.1, 0.15) is 5.75 Å². The second-order valence-corrected chi connectivity index (χ2v) is 3.96. The van der Waals surface area contributed by atoms with Crippen LogP contribution in [0.15, 0.2) is 24.3 Å². The van der Waals surface area contributed by atoms with Crippen molar-refractivity contribution in [3.63, 3.8) is 0 Å². The van der Waals surface area contributed by atoms with Gasteiger partial charge < -0.3 is 19.9 Å². The maximum absolute atomic E-state index is 12.0. The quantitative estimate of drug-likeness (QED) is 0.589. The van der Waals surface area contributed by atoms with Crippen LogP contribution in [0.25, 0.3) is 0 Å². The summed E-state index contributed by atoms with van der Waals surface area (Å²) in [5.41, 5.74) is 0.105. The third kappa shape index (κ3) is 4.79. The number of ether oxygens (including phenoxy) is 2. The van der Waals surface area contributed by atoms with E-state index >= 15 is 0 Å². The molecule has 0 aromatic heterocycles. The van der Waals surface area contributed by atoms with E-state index in [1.807, 2.05) is 0 Å². The minimum atomic E-state index is -1.54. The van der Waals surface area contributed by atoms with E-state index in [4.69, 9.17) is 9.47 Å². The molecule has 0 aliphatic carbocycles. The Bertz CT molecular complexity index is 510. The van der Waals surface area contributed by atoms with Crippen molar-refractivity contribution in [2.75, 3.05) is 13.2 Å². The van der Waals surface area contributed by atoms with E-state index in [0.29, 0.717) is 0 Å². The molecule has 0 atom stereocenters. The molecule has 7 nitrogen and oxygen atoms in total. The van der Waals surface area contributed by atoms with Crippen LogP contribution in [0.4, 0.5) is 0 Å². The molecule has 0 bridgehead atoms. The van der Waals surface area contributed by atoms with Crippen molar-refractivity contribution in [1.29, 1.82) is 0 Å². The van der Waals surface area contributed by atoms with Gasteiger partial charge in [-0.1, -0.05) is 6.07 Å². The maximum atomic E-state index is 12.0. The van der Waals surface area contributed by atoms with Crippen LogP contribution in [0.3, 0.4) is 0 Å². The average molecular weight is 295 g/mol. The van der Waals surface area contributed by atoms with Crippen LogP contribution in [0, 0.1) is 0 Å². The minimum Gasteiger partial charge on any atom is -0.508 e. The summed E-state index contributed by atoms with van der Waals surface area (Å²) in [5, 5.41) is 11.6. The van der Waals surface area contributed by atoms with Gasteiger partial charge in [-0.15, -0.1) is 0 Å². The van der Waals surface area contributed by atoms with E-state index in [-0.39, 0.29) is 24.5 Å². The Balaban J connectivity index is 2.87. The van der Waals surface area contributed by atoms with Crippen LogP contribution in [0.1, 0.15) is 24.2 Å². The number of rotatable bonds is 6. The van der Waals surface area contributed by atoms with Crippen LogP contribution in [0.2, 0.25) is 0 Å². The molecule has 0 aliphatic rings. The first kappa shape index (κ1) is 16.5. The van der Waals surface area contributed by atoms with Crippen LogP contribution in [-0.4, -0.2) is 42.2 Å². The molecule has 0 aliphatic heterocycles. The van der Waals surface area contributed by atoms with E-state index in [1.165, 1.54) is 24.3 Å². The predicted molar refractivity (Wildman–Crippen MR) is 72.6 cm³/mol. The number of benzene rings is 1. The van der Waals surface area contributed by atoms with Gasteiger partial charge in [-0.05, 0) is 32.0 Å². The number of phenolic OH excluding ortho intramolecular Hbond substituents is 1. The fraction of sp³-hybridized carbons (Fsp3) is 0.357. The van der Waals surface area contributed by atoms with Crippen molar-refractivity contribution in [3.8, 4) is 5.75 Å². The Morgan fingerprint density at radius 3 is 2.19 bits per heavy atom. The van der Waals surface area contributed by atoms with E-state index in [1.54, 1.807) is 13.8 Å². The smallest absolute Gasteiger partial charge is 0.340 e. The zero-order valence-corrected chi connectivity index (χ0v) is 11.8. The number of hydrogen-bond acceptors (Lipinski definition) is 6. The van der Waals surface area contributed by atoms with Crippen LogP contribution < -0.4 is 5.32 Å². The van der Waals surface area contributed by atoms with Crippen molar-refractivity contribution >= 4 is 17.8 Å². The molecule has 7 heteroatoms. The highest BCUT2D eigenvalue weighted by Gasteiger charge is 2.31. The molecule has 1 aromatic rings. The lowest BCUT2D eigenvalue weighted by atomic mass is 10.2. The number of hydrogen-bond donors (Lipinski definition) is 2. The lowest BCUT2D eigenvalue weighted by molar-refractivity contribution is -0.157. The molecule has 0 heterocycles. The summed E-state index contributed by atoms with van der Waals surface area (Å²) >= 11 is 0. The summed E-state index contributed by atoms with van der Waals surface area (Å²) < 4.78 is 9.46. The van der Waals surface area contributed by atoms with E-state index in [2.05, 4.69) is 5.32 Å². The summed E-state index contributed by atoms with van der Waals surface area (Å²) in [4.78, 5) is 35.4. The third-order valence-electron chi connectivity index (χ3n) is 2.43. The van der Waals surface area contributed by atoms with Crippen molar-refractivity contribution in [3.05, 3.63) is 29.8 Å². The van der Waals surface area contributed by atoms with Gasteiger partial charge in [-0.25, -0.2) is 9.59 Å². The number of esters is 2. The molecule has 21 heavy (non-hydrogen) atoms. The van der Waals surface area contributed by atoms with Crippen molar-refractivity contribution < 1.29 is 29.0 Å². The van der Waals surface area contributed by atoms with Gasteiger partial charge >= 0.3 is 11.9 Å². The largest absolute Gasteiger partial charge is 0.508 e. The topological polar surface area (TPSA) is 102 Å². The van der Waals surface area contributed by atoms with Crippen LogP contribution in [-0.2, 0) is 19.1 Å². The van der Waals surface area contributed by atoms with Gasteiger partial charge in [-0.2, -0.15) is 0 Å². The second kappa shape index (κ2) is 7.88. The standard InChI is InChI=1S/C14H17NO6/c1-3-20-13(18)11(14(19)21-4-2)15-12(17)9-6-5-7-10(16)8-9/h5-8,11,16H,3-4H2,1-2H3,(H,15,17). The molecular weight excluding hydrogens is 278 g/mol. The van der Waals surface area contributed by atoms with Crippen LogP contribution in [0.5, 0.6) is 5.75 Å². The molecule has 0 saturated carbocycles. The monoisotopic (exact) mass is 295 g/mol. The Morgan fingerprint density at radius 1 is 1.14 bits per heavy atom. The number of aromatic hydroxyl groups is 1. The highest BCUT2D eigenvalue weighted by atomic mass is 16.6. The van der Waals surface area contributed by atoms with Crippen molar-refractivity contribution in [2.45, 2.75) is 19.9 Å². The molecule has 1 amide bonds. The summed E-state index contributed by atoms with van der Waals surface area (Å²) in [5.74, 6) is -2.60. The number of phenols is 1. The molecule has 114 valence electrons. The van der Waals surface area contributed by atoms with E-state index < -0.39 is 23.9 Å². The zero-order valence-electron chi connectivity index (χ0n) is 11.8. The Kier molecular flexibility index (Phi) is 6.19. The van der Waals surface area contributed by atoms with Crippen LogP contribution >= 0.6 is 0 Å². The average Bonchev–Trinajstić information content (AvgIpc) is 2.44. The molecule has 1 rings (SSSR count). The number of amides is 1. The molecule has 0 saturated heterocycles. The number of carbonyl (C=O) groups is 3. The molecule has 0 fully saturated rings. The van der Waals surface area contributed by atoms with Crippen molar-refractivity contribution in [1.82, 2.24) is 5.32 Å². The first-order valence-corrected chi connectivity index (χ1v) is 6.42. The first-order valence-electron chi connectivity index (χ1n) is 6.42. The Morgan fingerprint density at radius 2 is 1.71 bits per heavy atom. The van der Waals surface area contributed by atoms with Gasteiger partial charge in [0.15, 0.2) is 0 Å². The lowest BCUT2D eigenvalue weighted by Gasteiger charge is -2.15. The molecule has 2 N–H and O–H groups in total. The highest BCUT2D eigenvalue weighted by Crippen LogP contribution is 2.11. The van der Waals surface area contributed by atoms with E-state index in [9.17, 15) is 19.5 Å². The van der Waals surface area contributed by atoms with Gasteiger partial charge in [0, 0.05) is 5.56 Å². The number of nitrogens with one attached hydrogen (secondary N) is 1.